The topological polar surface area (TPSA) is 32.3 Å². The van der Waals surface area contributed by atoms with Gasteiger partial charge in [-0.05, 0) is 31.0 Å². The summed E-state index contributed by atoms with van der Waals surface area (Å²) in [5.41, 5.74) is 1.22. The quantitative estimate of drug-likeness (QED) is 0.886. The Labute approximate surface area is 124 Å². The molecule has 0 saturated carbocycles. The Hall–Kier alpha value is -1.65. The second-order valence-electron chi connectivity index (χ2n) is 4.87. The Morgan fingerprint density at radius 2 is 2.00 bits per heavy atom. The molecule has 2 aromatic rings. The first-order valence-electron chi connectivity index (χ1n) is 6.71. The lowest BCUT2D eigenvalue weighted by atomic mass is 10.2. The molecule has 0 radical (unpaired) electrons. The summed E-state index contributed by atoms with van der Waals surface area (Å²) >= 11 is 1.66. The van der Waals surface area contributed by atoms with Gasteiger partial charge < -0.3 is 5.32 Å². The molecule has 1 aromatic carbocycles. The van der Waals surface area contributed by atoms with Crippen molar-refractivity contribution in [2.45, 2.75) is 26.1 Å². The molecule has 0 spiro atoms. The number of carbonyl (C=O) groups excluding carboxylic acids is 1. The zero-order valence-corrected chi connectivity index (χ0v) is 12.7. The second-order valence-corrected chi connectivity index (χ2v) is 5.91. The molecule has 1 heterocycles. The van der Waals surface area contributed by atoms with Crippen LogP contribution >= 0.6 is 11.3 Å². The van der Waals surface area contributed by atoms with E-state index in [1.54, 1.807) is 11.3 Å². The molecule has 20 heavy (non-hydrogen) atoms. The van der Waals surface area contributed by atoms with Crippen LogP contribution < -0.4 is 5.32 Å². The van der Waals surface area contributed by atoms with E-state index in [9.17, 15) is 4.79 Å². The van der Waals surface area contributed by atoms with Crippen LogP contribution in [0.3, 0.4) is 0 Å². The van der Waals surface area contributed by atoms with Crippen LogP contribution in [-0.4, -0.2) is 23.9 Å². The Bertz CT molecular complexity index is 525. The first-order chi connectivity index (χ1) is 9.66. The lowest BCUT2D eigenvalue weighted by Crippen LogP contribution is -2.42. The van der Waals surface area contributed by atoms with Gasteiger partial charge in [-0.1, -0.05) is 36.4 Å². The summed E-state index contributed by atoms with van der Waals surface area (Å²) in [6, 6.07) is 14.1. The highest BCUT2D eigenvalue weighted by Gasteiger charge is 2.17. The van der Waals surface area contributed by atoms with Crippen molar-refractivity contribution >= 4 is 17.2 Å². The van der Waals surface area contributed by atoms with Gasteiger partial charge >= 0.3 is 0 Å². The van der Waals surface area contributed by atoms with E-state index in [1.165, 1.54) is 10.4 Å². The summed E-state index contributed by atoms with van der Waals surface area (Å²) in [6.45, 7) is 3.32. The molecule has 2 rings (SSSR count). The van der Waals surface area contributed by atoms with Crippen molar-refractivity contribution in [2.24, 2.45) is 0 Å². The Balaban J connectivity index is 1.83. The minimum absolute atomic E-state index is 0.0665. The van der Waals surface area contributed by atoms with Crippen molar-refractivity contribution < 1.29 is 4.79 Å². The minimum Gasteiger partial charge on any atom is -0.350 e. The molecular formula is C16H20N2OS. The van der Waals surface area contributed by atoms with E-state index in [4.69, 9.17) is 0 Å². The summed E-state index contributed by atoms with van der Waals surface area (Å²) in [5, 5.41) is 5.00. The van der Waals surface area contributed by atoms with Gasteiger partial charge in [0.2, 0.25) is 5.91 Å². The van der Waals surface area contributed by atoms with Crippen LogP contribution in [0.25, 0.3) is 0 Å². The van der Waals surface area contributed by atoms with Crippen LogP contribution in [0.2, 0.25) is 0 Å². The molecule has 106 valence electrons. The zero-order chi connectivity index (χ0) is 14.4. The van der Waals surface area contributed by atoms with Crippen LogP contribution in [0.4, 0.5) is 0 Å². The Kier molecular flexibility index (Phi) is 5.32. The molecule has 1 N–H and O–H groups in total. The molecule has 3 nitrogen and oxygen atoms in total. The summed E-state index contributed by atoms with van der Waals surface area (Å²) < 4.78 is 0. The maximum Gasteiger partial charge on any atom is 0.237 e. The van der Waals surface area contributed by atoms with Crippen molar-refractivity contribution in [1.82, 2.24) is 10.2 Å². The maximum absolute atomic E-state index is 12.1. The molecule has 0 bridgehead atoms. The fourth-order valence-electron chi connectivity index (χ4n) is 1.94. The second kappa shape index (κ2) is 7.22. The van der Waals surface area contributed by atoms with Gasteiger partial charge in [0.1, 0.15) is 0 Å². The molecule has 1 amide bonds. The molecule has 0 aliphatic carbocycles. The zero-order valence-electron chi connectivity index (χ0n) is 11.9. The highest BCUT2D eigenvalue weighted by Crippen LogP contribution is 2.09. The van der Waals surface area contributed by atoms with Crippen molar-refractivity contribution in [3.05, 3.63) is 58.3 Å². The normalized spacial score (nSPS) is 12.3. The van der Waals surface area contributed by atoms with E-state index >= 15 is 0 Å². The minimum atomic E-state index is -0.143. The summed E-state index contributed by atoms with van der Waals surface area (Å²) in [4.78, 5) is 15.4. The largest absolute Gasteiger partial charge is 0.350 e. The molecule has 0 aliphatic rings. The third-order valence-corrected chi connectivity index (χ3v) is 4.21. The SMILES string of the molecule is C[C@H](C(=O)NCc1cccs1)N(C)Cc1ccccc1. The molecule has 0 saturated heterocycles. The monoisotopic (exact) mass is 288 g/mol. The average Bonchev–Trinajstić information content (AvgIpc) is 2.98. The Morgan fingerprint density at radius 1 is 1.25 bits per heavy atom. The first kappa shape index (κ1) is 14.8. The summed E-state index contributed by atoms with van der Waals surface area (Å²) in [6.07, 6.45) is 0. The highest BCUT2D eigenvalue weighted by molar-refractivity contribution is 7.09. The number of nitrogens with zero attached hydrogens (tertiary/aromatic N) is 1. The van der Waals surface area contributed by atoms with E-state index in [1.807, 2.05) is 49.7 Å². The van der Waals surface area contributed by atoms with Gasteiger partial charge in [0, 0.05) is 11.4 Å². The van der Waals surface area contributed by atoms with E-state index in [0.717, 1.165) is 6.54 Å². The number of hydrogen-bond donors (Lipinski definition) is 1. The van der Waals surface area contributed by atoms with Crippen LogP contribution in [-0.2, 0) is 17.9 Å². The lowest BCUT2D eigenvalue weighted by molar-refractivity contribution is -0.125. The summed E-state index contributed by atoms with van der Waals surface area (Å²) in [7, 11) is 1.97. The smallest absolute Gasteiger partial charge is 0.237 e. The number of rotatable bonds is 6. The summed E-state index contributed by atoms with van der Waals surface area (Å²) in [5.74, 6) is 0.0665. The van der Waals surface area contributed by atoms with Crippen molar-refractivity contribution in [3.63, 3.8) is 0 Å². The molecule has 1 atom stereocenters. The van der Waals surface area contributed by atoms with Gasteiger partial charge in [0.15, 0.2) is 0 Å². The number of benzene rings is 1. The first-order valence-corrected chi connectivity index (χ1v) is 7.59. The molecule has 0 unspecified atom stereocenters. The predicted octanol–water partition coefficient (Wildman–Crippen LogP) is 2.88. The van der Waals surface area contributed by atoms with Gasteiger partial charge in [-0.25, -0.2) is 0 Å². The number of hydrogen-bond acceptors (Lipinski definition) is 3. The molecule has 0 aliphatic heterocycles. The third-order valence-electron chi connectivity index (χ3n) is 3.33. The van der Waals surface area contributed by atoms with E-state index in [2.05, 4.69) is 22.3 Å². The molecular weight excluding hydrogens is 268 g/mol. The van der Waals surface area contributed by atoms with Gasteiger partial charge in [-0.2, -0.15) is 0 Å². The van der Waals surface area contributed by atoms with Gasteiger partial charge in [-0.3, -0.25) is 9.69 Å². The fraction of sp³-hybridized carbons (Fsp3) is 0.312. The third kappa shape index (κ3) is 4.18. The van der Waals surface area contributed by atoms with Gasteiger partial charge in [0.25, 0.3) is 0 Å². The van der Waals surface area contributed by atoms with Crippen molar-refractivity contribution in [1.29, 1.82) is 0 Å². The lowest BCUT2D eigenvalue weighted by Gasteiger charge is -2.23. The van der Waals surface area contributed by atoms with Crippen LogP contribution in [0.15, 0.2) is 47.8 Å². The fourth-order valence-corrected chi connectivity index (χ4v) is 2.59. The van der Waals surface area contributed by atoms with E-state index in [-0.39, 0.29) is 11.9 Å². The van der Waals surface area contributed by atoms with Crippen LogP contribution in [0.1, 0.15) is 17.4 Å². The van der Waals surface area contributed by atoms with Crippen molar-refractivity contribution in [2.75, 3.05) is 7.05 Å². The molecule has 0 fully saturated rings. The number of carbonyl (C=O) groups is 1. The van der Waals surface area contributed by atoms with E-state index < -0.39 is 0 Å². The number of thiophene rings is 1. The van der Waals surface area contributed by atoms with Crippen LogP contribution in [0, 0.1) is 0 Å². The van der Waals surface area contributed by atoms with Gasteiger partial charge in [0.05, 0.1) is 12.6 Å². The Morgan fingerprint density at radius 3 is 2.65 bits per heavy atom. The number of amides is 1. The number of likely N-dealkylation sites (N-methyl/N-ethyl adjacent to an activating group) is 1. The standard InChI is InChI=1S/C16H20N2OS/c1-13(16(19)17-11-15-9-6-10-20-15)18(2)12-14-7-4-3-5-8-14/h3-10,13H,11-12H2,1-2H3,(H,17,19)/t13-/m1/s1. The molecule has 4 heteroatoms. The average molecular weight is 288 g/mol. The highest BCUT2D eigenvalue weighted by atomic mass is 32.1. The van der Waals surface area contributed by atoms with Gasteiger partial charge in [-0.15, -0.1) is 11.3 Å². The predicted molar refractivity (Wildman–Crippen MR) is 83.5 cm³/mol. The number of nitrogens with one attached hydrogen (secondary N) is 1. The maximum atomic E-state index is 12.1. The van der Waals surface area contributed by atoms with Crippen LogP contribution in [0.5, 0.6) is 0 Å². The molecule has 1 aromatic heterocycles. The van der Waals surface area contributed by atoms with E-state index in [0.29, 0.717) is 6.54 Å². The van der Waals surface area contributed by atoms with Crippen molar-refractivity contribution in [3.8, 4) is 0 Å².